The molecule has 1 rings (SSSR count). The first-order chi connectivity index (χ1) is 7.18. The summed E-state index contributed by atoms with van der Waals surface area (Å²) >= 11 is 0. The lowest BCUT2D eigenvalue weighted by Gasteiger charge is -2.22. The number of carboxylic acids is 1. The van der Waals surface area contributed by atoms with Crippen LogP contribution in [-0.2, 0) is 9.53 Å². The Morgan fingerprint density at radius 3 is 3.07 bits per heavy atom. The topological polar surface area (TPSA) is 58.6 Å². The monoisotopic (exact) mass is 213 g/mol. The summed E-state index contributed by atoms with van der Waals surface area (Å²) in [6.07, 6.45) is 3.60. The van der Waals surface area contributed by atoms with Crippen molar-refractivity contribution < 1.29 is 14.6 Å². The van der Waals surface area contributed by atoms with Gasteiger partial charge in [0.1, 0.15) is 0 Å². The molecule has 1 heterocycles. The van der Waals surface area contributed by atoms with Crippen LogP contribution in [0.2, 0.25) is 0 Å². The number of carboxylic acid groups (broad SMARTS) is 1. The second-order valence-electron chi connectivity index (χ2n) is 4.06. The maximum atomic E-state index is 10.3. The molecule has 0 aliphatic carbocycles. The third-order valence-electron chi connectivity index (χ3n) is 2.45. The number of aliphatic carboxylic acids is 1. The highest BCUT2D eigenvalue weighted by molar-refractivity contribution is 5.80. The molecule has 1 saturated heterocycles. The number of nitrogens with one attached hydrogen (secondary N) is 1. The second kappa shape index (κ2) is 6.58. The van der Waals surface area contributed by atoms with Crippen LogP contribution < -0.4 is 5.32 Å². The lowest BCUT2D eigenvalue weighted by Crippen LogP contribution is -2.32. The summed E-state index contributed by atoms with van der Waals surface area (Å²) in [5.41, 5.74) is 0.756. The van der Waals surface area contributed by atoms with Gasteiger partial charge in [0.2, 0.25) is 0 Å². The normalized spacial score (nSPS) is 22.7. The predicted molar refractivity (Wildman–Crippen MR) is 57.8 cm³/mol. The van der Waals surface area contributed by atoms with E-state index in [2.05, 4.69) is 5.32 Å². The highest BCUT2D eigenvalue weighted by Crippen LogP contribution is 2.10. The Bertz CT molecular complexity index is 232. The number of ether oxygens (including phenoxy) is 1. The summed E-state index contributed by atoms with van der Waals surface area (Å²) in [6, 6.07) is 0. The van der Waals surface area contributed by atoms with E-state index in [-0.39, 0.29) is 0 Å². The molecule has 1 unspecified atom stereocenters. The number of piperidine rings is 1. The van der Waals surface area contributed by atoms with Crippen molar-refractivity contribution in [3.63, 3.8) is 0 Å². The molecule has 1 aliphatic rings. The quantitative estimate of drug-likeness (QED) is 0.670. The summed E-state index contributed by atoms with van der Waals surface area (Å²) < 4.78 is 5.46. The van der Waals surface area contributed by atoms with Crippen molar-refractivity contribution in [3.05, 3.63) is 11.6 Å². The Balaban J connectivity index is 2.12. The van der Waals surface area contributed by atoms with Crippen LogP contribution in [0.3, 0.4) is 0 Å². The fourth-order valence-corrected chi connectivity index (χ4v) is 1.71. The van der Waals surface area contributed by atoms with Crippen LogP contribution in [0.4, 0.5) is 0 Å². The third kappa shape index (κ3) is 5.54. The fraction of sp³-hybridized carbons (Fsp3) is 0.727. The molecule has 15 heavy (non-hydrogen) atoms. The van der Waals surface area contributed by atoms with Crippen molar-refractivity contribution in [1.29, 1.82) is 0 Å². The van der Waals surface area contributed by atoms with Gasteiger partial charge in [0.15, 0.2) is 0 Å². The first kappa shape index (κ1) is 12.2. The lowest BCUT2D eigenvalue weighted by molar-refractivity contribution is -0.131. The Morgan fingerprint density at radius 2 is 2.47 bits per heavy atom. The molecule has 4 heteroatoms. The van der Waals surface area contributed by atoms with Crippen molar-refractivity contribution in [3.8, 4) is 0 Å². The molecule has 1 aliphatic heterocycles. The Hall–Kier alpha value is -0.870. The van der Waals surface area contributed by atoms with E-state index < -0.39 is 5.97 Å². The van der Waals surface area contributed by atoms with Crippen LogP contribution in [0.5, 0.6) is 0 Å². The molecule has 1 atom stereocenters. The number of hydrogen-bond donors (Lipinski definition) is 2. The van der Waals surface area contributed by atoms with Crippen LogP contribution in [0, 0.1) is 5.92 Å². The zero-order chi connectivity index (χ0) is 11.1. The van der Waals surface area contributed by atoms with E-state index in [9.17, 15) is 4.79 Å². The van der Waals surface area contributed by atoms with Gasteiger partial charge in [-0.2, -0.15) is 0 Å². The maximum absolute atomic E-state index is 10.3. The van der Waals surface area contributed by atoms with E-state index in [0.717, 1.165) is 25.3 Å². The summed E-state index contributed by atoms with van der Waals surface area (Å²) in [5.74, 6) is -0.327. The van der Waals surface area contributed by atoms with Gasteiger partial charge >= 0.3 is 5.97 Å². The maximum Gasteiger partial charge on any atom is 0.328 e. The molecular formula is C11H19NO3. The van der Waals surface area contributed by atoms with Crippen LogP contribution in [0.1, 0.15) is 19.8 Å². The van der Waals surface area contributed by atoms with E-state index >= 15 is 0 Å². The molecule has 0 bridgehead atoms. The number of rotatable bonds is 5. The summed E-state index contributed by atoms with van der Waals surface area (Å²) in [5, 5.41) is 11.8. The highest BCUT2D eigenvalue weighted by atomic mass is 16.5. The molecule has 0 saturated carbocycles. The zero-order valence-electron chi connectivity index (χ0n) is 9.16. The lowest BCUT2D eigenvalue weighted by atomic mass is 10.0. The van der Waals surface area contributed by atoms with Gasteiger partial charge in [-0.25, -0.2) is 4.79 Å². The SMILES string of the molecule is CC(=CC(=O)O)COCC1CCCNC1. The molecule has 0 amide bonds. The first-order valence-electron chi connectivity index (χ1n) is 5.37. The van der Waals surface area contributed by atoms with Gasteiger partial charge in [-0.15, -0.1) is 0 Å². The number of hydrogen-bond acceptors (Lipinski definition) is 3. The summed E-state index contributed by atoms with van der Waals surface area (Å²) in [6.45, 7) is 5.03. The molecule has 0 aromatic heterocycles. The van der Waals surface area contributed by atoms with Gasteiger partial charge in [-0.3, -0.25) is 0 Å². The summed E-state index contributed by atoms with van der Waals surface area (Å²) in [4.78, 5) is 10.3. The van der Waals surface area contributed by atoms with Crippen molar-refractivity contribution in [2.75, 3.05) is 26.3 Å². The molecule has 4 nitrogen and oxygen atoms in total. The molecule has 0 spiro atoms. The van der Waals surface area contributed by atoms with Gasteiger partial charge in [0.25, 0.3) is 0 Å². The van der Waals surface area contributed by atoms with Crippen LogP contribution in [0.15, 0.2) is 11.6 Å². The second-order valence-corrected chi connectivity index (χ2v) is 4.06. The first-order valence-corrected chi connectivity index (χ1v) is 5.37. The Kier molecular flexibility index (Phi) is 5.36. The van der Waals surface area contributed by atoms with Gasteiger partial charge < -0.3 is 15.2 Å². The largest absolute Gasteiger partial charge is 0.478 e. The standard InChI is InChI=1S/C11H19NO3/c1-9(5-11(13)14)7-15-8-10-3-2-4-12-6-10/h5,10,12H,2-4,6-8H2,1H3,(H,13,14). The van der Waals surface area contributed by atoms with Crippen molar-refractivity contribution in [2.24, 2.45) is 5.92 Å². The minimum atomic E-state index is -0.907. The van der Waals surface area contributed by atoms with E-state index in [1.807, 2.05) is 0 Å². The smallest absolute Gasteiger partial charge is 0.328 e. The van der Waals surface area contributed by atoms with Crippen LogP contribution in [-0.4, -0.2) is 37.4 Å². The average Bonchev–Trinajstić information content (AvgIpc) is 2.18. The minimum Gasteiger partial charge on any atom is -0.478 e. The van der Waals surface area contributed by atoms with Gasteiger partial charge in [0.05, 0.1) is 13.2 Å². The van der Waals surface area contributed by atoms with E-state index in [0.29, 0.717) is 12.5 Å². The fourth-order valence-electron chi connectivity index (χ4n) is 1.71. The molecule has 0 aromatic rings. The molecule has 0 radical (unpaired) electrons. The Labute approximate surface area is 90.3 Å². The van der Waals surface area contributed by atoms with Gasteiger partial charge in [-0.1, -0.05) is 0 Å². The number of carbonyl (C=O) groups is 1. The van der Waals surface area contributed by atoms with Crippen LogP contribution >= 0.6 is 0 Å². The molecule has 2 N–H and O–H groups in total. The van der Waals surface area contributed by atoms with E-state index in [1.54, 1.807) is 6.92 Å². The van der Waals surface area contributed by atoms with Crippen LogP contribution in [0.25, 0.3) is 0 Å². The molecule has 86 valence electrons. The summed E-state index contributed by atoms with van der Waals surface area (Å²) in [7, 11) is 0. The van der Waals surface area contributed by atoms with Crippen molar-refractivity contribution in [2.45, 2.75) is 19.8 Å². The zero-order valence-corrected chi connectivity index (χ0v) is 9.16. The highest BCUT2D eigenvalue weighted by Gasteiger charge is 2.12. The Morgan fingerprint density at radius 1 is 1.67 bits per heavy atom. The van der Waals surface area contributed by atoms with Crippen molar-refractivity contribution in [1.82, 2.24) is 5.32 Å². The molecular weight excluding hydrogens is 194 g/mol. The minimum absolute atomic E-state index is 0.419. The predicted octanol–water partition coefficient (Wildman–Crippen LogP) is 1.03. The average molecular weight is 213 g/mol. The van der Waals surface area contributed by atoms with E-state index in [1.165, 1.54) is 18.9 Å². The molecule has 1 fully saturated rings. The molecule has 0 aromatic carbocycles. The van der Waals surface area contributed by atoms with Gasteiger partial charge in [-0.05, 0) is 37.8 Å². The van der Waals surface area contributed by atoms with Crippen molar-refractivity contribution >= 4 is 5.97 Å². The van der Waals surface area contributed by atoms with E-state index in [4.69, 9.17) is 9.84 Å². The van der Waals surface area contributed by atoms with Gasteiger partial charge in [0, 0.05) is 12.6 Å². The third-order valence-corrected chi connectivity index (χ3v) is 2.45.